The summed E-state index contributed by atoms with van der Waals surface area (Å²) >= 11 is 0. The summed E-state index contributed by atoms with van der Waals surface area (Å²) in [6, 6.07) is -0.0398. The van der Waals surface area contributed by atoms with E-state index in [0.29, 0.717) is 0 Å². The number of anilines is 2. The van der Waals surface area contributed by atoms with Crippen molar-refractivity contribution in [3.05, 3.63) is 16.3 Å². The van der Waals surface area contributed by atoms with E-state index < -0.39 is 11.0 Å². The Morgan fingerprint density at radius 3 is 2.62 bits per heavy atom. The van der Waals surface area contributed by atoms with Gasteiger partial charge in [-0.3, -0.25) is 14.9 Å². The molecule has 9 heteroatoms. The molecule has 2 aliphatic carbocycles. The normalized spacial score (nSPS) is 18.9. The van der Waals surface area contributed by atoms with E-state index in [9.17, 15) is 14.9 Å². The highest BCUT2D eigenvalue weighted by Gasteiger charge is 2.27. The van der Waals surface area contributed by atoms with Gasteiger partial charge < -0.3 is 16.0 Å². The Balaban J connectivity index is 1.64. The van der Waals surface area contributed by atoms with Gasteiger partial charge in [-0.2, -0.15) is 4.98 Å². The van der Waals surface area contributed by atoms with E-state index in [0.717, 1.165) is 38.5 Å². The lowest BCUT2D eigenvalue weighted by Gasteiger charge is -2.18. The van der Waals surface area contributed by atoms with Crippen LogP contribution < -0.4 is 16.0 Å². The lowest BCUT2D eigenvalue weighted by molar-refractivity contribution is -0.384. The SMILES string of the molecule is C[C@H](Nc1ncc([N+](=O)[O-])c(NC2CC2)n1)C(=O)NC1CCCC1. The lowest BCUT2D eigenvalue weighted by atomic mass is 10.2. The molecule has 0 spiro atoms. The number of rotatable bonds is 7. The molecular formula is C15H22N6O3. The van der Waals surface area contributed by atoms with E-state index >= 15 is 0 Å². The summed E-state index contributed by atoms with van der Waals surface area (Å²) < 4.78 is 0. The molecule has 2 fully saturated rings. The van der Waals surface area contributed by atoms with Crippen LogP contribution in [0.2, 0.25) is 0 Å². The van der Waals surface area contributed by atoms with Gasteiger partial charge in [0.2, 0.25) is 17.7 Å². The summed E-state index contributed by atoms with van der Waals surface area (Å²) in [4.78, 5) is 30.9. The molecule has 9 nitrogen and oxygen atoms in total. The fourth-order valence-electron chi connectivity index (χ4n) is 2.76. The summed E-state index contributed by atoms with van der Waals surface area (Å²) in [6.07, 6.45) is 7.45. The quantitative estimate of drug-likeness (QED) is 0.513. The van der Waals surface area contributed by atoms with E-state index in [4.69, 9.17) is 0 Å². The average Bonchev–Trinajstić information content (AvgIpc) is 3.20. The van der Waals surface area contributed by atoms with Gasteiger partial charge >= 0.3 is 5.69 Å². The van der Waals surface area contributed by atoms with Gasteiger partial charge in [-0.05, 0) is 32.6 Å². The Morgan fingerprint density at radius 1 is 1.29 bits per heavy atom. The van der Waals surface area contributed by atoms with Crippen LogP contribution >= 0.6 is 0 Å². The first kappa shape index (κ1) is 16.4. The van der Waals surface area contributed by atoms with Crippen LogP contribution in [0.4, 0.5) is 17.5 Å². The van der Waals surface area contributed by atoms with Crippen LogP contribution in [0.1, 0.15) is 45.4 Å². The summed E-state index contributed by atoms with van der Waals surface area (Å²) in [5, 5.41) is 20.0. The fraction of sp³-hybridized carbons (Fsp3) is 0.667. The Labute approximate surface area is 139 Å². The van der Waals surface area contributed by atoms with Gasteiger partial charge in [0.25, 0.3) is 0 Å². The van der Waals surface area contributed by atoms with E-state index in [1.807, 2.05) is 0 Å². The Hall–Kier alpha value is -2.45. The standard InChI is InChI=1S/C15H22N6O3/c1-9(14(22)19-10-4-2-3-5-10)17-15-16-8-12(21(23)24)13(20-15)18-11-6-7-11/h8-11H,2-7H2,1H3,(H,19,22)(H2,16,17,18,20)/t9-/m0/s1. The zero-order valence-corrected chi connectivity index (χ0v) is 13.6. The summed E-state index contributed by atoms with van der Waals surface area (Å²) in [5.41, 5.74) is -0.157. The third-order valence-corrected chi connectivity index (χ3v) is 4.32. The van der Waals surface area contributed by atoms with E-state index in [-0.39, 0.29) is 35.4 Å². The molecule has 24 heavy (non-hydrogen) atoms. The molecule has 3 rings (SSSR count). The first-order chi connectivity index (χ1) is 11.5. The number of amides is 1. The Morgan fingerprint density at radius 2 is 2.00 bits per heavy atom. The molecule has 1 aromatic rings. The molecule has 0 unspecified atom stereocenters. The number of hydrogen-bond acceptors (Lipinski definition) is 7. The van der Waals surface area contributed by atoms with Gasteiger partial charge in [-0.15, -0.1) is 0 Å². The van der Waals surface area contributed by atoms with Crippen molar-refractivity contribution in [1.82, 2.24) is 15.3 Å². The van der Waals surface area contributed by atoms with Crippen LogP contribution in [0.15, 0.2) is 6.20 Å². The smallest absolute Gasteiger partial charge is 0.329 e. The van der Waals surface area contributed by atoms with E-state index in [1.165, 1.54) is 6.20 Å². The van der Waals surface area contributed by atoms with Crippen molar-refractivity contribution >= 4 is 23.4 Å². The molecule has 1 aromatic heterocycles. The van der Waals surface area contributed by atoms with Gasteiger partial charge in [0.1, 0.15) is 12.2 Å². The second kappa shape index (κ2) is 6.98. The molecule has 0 aliphatic heterocycles. The summed E-state index contributed by atoms with van der Waals surface area (Å²) in [6.45, 7) is 1.73. The molecular weight excluding hydrogens is 312 g/mol. The number of nitrogens with one attached hydrogen (secondary N) is 3. The van der Waals surface area contributed by atoms with Crippen LogP contribution in [0.25, 0.3) is 0 Å². The van der Waals surface area contributed by atoms with Crippen molar-refractivity contribution in [2.24, 2.45) is 0 Å². The third kappa shape index (κ3) is 4.09. The predicted octanol–water partition coefficient (Wildman–Crippen LogP) is 1.82. The molecule has 2 aliphatic rings. The van der Waals surface area contributed by atoms with Crippen molar-refractivity contribution in [1.29, 1.82) is 0 Å². The fourth-order valence-corrected chi connectivity index (χ4v) is 2.76. The van der Waals surface area contributed by atoms with Gasteiger partial charge in [0, 0.05) is 12.1 Å². The van der Waals surface area contributed by atoms with Gasteiger partial charge in [0.05, 0.1) is 4.92 Å². The van der Waals surface area contributed by atoms with Gasteiger partial charge in [0.15, 0.2) is 0 Å². The minimum Gasteiger partial charge on any atom is -0.361 e. The second-order valence-corrected chi connectivity index (χ2v) is 6.46. The molecule has 1 heterocycles. The highest BCUT2D eigenvalue weighted by Crippen LogP contribution is 2.29. The topological polar surface area (TPSA) is 122 Å². The number of nitrogens with zero attached hydrogens (tertiary/aromatic N) is 3. The highest BCUT2D eigenvalue weighted by molar-refractivity contribution is 5.84. The Kier molecular flexibility index (Phi) is 4.77. The maximum atomic E-state index is 12.2. The van der Waals surface area contributed by atoms with Crippen molar-refractivity contribution in [2.45, 2.75) is 63.6 Å². The molecule has 0 bridgehead atoms. The van der Waals surface area contributed by atoms with E-state index in [2.05, 4.69) is 25.9 Å². The first-order valence-corrected chi connectivity index (χ1v) is 8.38. The van der Waals surface area contributed by atoms with Crippen LogP contribution in [0, 0.1) is 10.1 Å². The maximum Gasteiger partial charge on any atom is 0.329 e. The zero-order chi connectivity index (χ0) is 17.1. The average molecular weight is 334 g/mol. The van der Waals surface area contributed by atoms with Crippen LogP contribution in [0.5, 0.6) is 0 Å². The predicted molar refractivity (Wildman–Crippen MR) is 88.8 cm³/mol. The molecule has 0 aromatic carbocycles. The monoisotopic (exact) mass is 334 g/mol. The highest BCUT2D eigenvalue weighted by atomic mass is 16.6. The van der Waals surface area contributed by atoms with Crippen molar-refractivity contribution < 1.29 is 9.72 Å². The number of carbonyl (C=O) groups is 1. The molecule has 1 atom stereocenters. The van der Waals surface area contributed by atoms with Gasteiger partial charge in [-0.25, -0.2) is 4.98 Å². The number of hydrogen-bond donors (Lipinski definition) is 3. The largest absolute Gasteiger partial charge is 0.361 e. The molecule has 3 N–H and O–H groups in total. The van der Waals surface area contributed by atoms with Crippen LogP contribution in [-0.4, -0.2) is 38.9 Å². The van der Waals surface area contributed by atoms with Crippen LogP contribution in [-0.2, 0) is 4.79 Å². The molecule has 0 saturated heterocycles. The third-order valence-electron chi connectivity index (χ3n) is 4.32. The maximum absolute atomic E-state index is 12.2. The van der Waals surface area contributed by atoms with E-state index in [1.54, 1.807) is 6.92 Å². The lowest BCUT2D eigenvalue weighted by Crippen LogP contribution is -2.42. The molecule has 130 valence electrons. The second-order valence-electron chi connectivity index (χ2n) is 6.46. The minimum absolute atomic E-state index is 0.111. The minimum atomic E-state index is -0.513. The molecule has 0 radical (unpaired) electrons. The van der Waals surface area contributed by atoms with Gasteiger partial charge in [-0.1, -0.05) is 12.8 Å². The molecule has 2 saturated carbocycles. The van der Waals surface area contributed by atoms with Crippen molar-refractivity contribution in [2.75, 3.05) is 10.6 Å². The van der Waals surface area contributed by atoms with Crippen molar-refractivity contribution in [3.63, 3.8) is 0 Å². The summed E-state index contributed by atoms with van der Waals surface area (Å²) in [5.74, 6) is 0.293. The number of nitro groups is 1. The zero-order valence-electron chi connectivity index (χ0n) is 13.6. The Bertz CT molecular complexity index is 628. The van der Waals surface area contributed by atoms with Crippen LogP contribution in [0.3, 0.4) is 0 Å². The molecule has 1 amide bonds. The number of carbonyl (C=O) groups excluding carboxylic acids is 1. The first-order valence-electron chi connectivity index (χ1n) is 8.38. The number of aromatic nitrogens is 2. The van der Waals surface area contributed by atoms with Crippen molar-refractivity contribution in [3.8, 4) is 0 Å². The summed E-state index contributed by atoms with van der Waals surface area (Å²) in [7, 11) is 0.